The first-order chi connectivity index (χ1) is 7.80. The summed E-state index contributed by atoms with van der Waals surface area (Å²) < 4.78 is 5.42. The Hall–Kier alpha value is -0.770. The summed E-state index contributed by atoms with van der Waals surface area (Å²) >= 11 is 0. The van der Waals surface area contributed by atoms with Crippen LogP contribution in [0.2, 0.25) is 0 Å². The highest BCUT2D eigenvalue weighted by Crippen LogP contribution is 2.39. The zero-order valence-electron chi connectivity index (χ0n) is 11.5. The minimum atomic E-state index is -0.390. The van der Waals surface area contributed by atoms with E-state index >= 15 is 0 Å². The number of nitrogens with zero attached hydrogens (tertiary/aromatic N) is 2. The van der Waals surface area contributed by atoms with Crippen molar-refractivity contribution in [3.05, 3.63) is 0 Å². The number of rotatable bonds is 0. The van der Waals surface area contributed by atoms with Gasteiger partial charge in [0, 0.05) is 25.0 Å². The lowest BCUT2D eigenvalue weighted by atomic mass is 9.86. The minimum Gasteiger partial charge on any atom is -0.444 e. The highest BCUT2D eigenvalue weighted by Gasteiger charge is 2.44. The number of amides is 1. The molecule has 1 amide bonds. The summed E-state index contributed by atoms with van der Waals surface area (Å²) in [5.74, 6) is 0. The van der Waals surface area contributed by atoms with E-state index in [0.29, 0.717) is 5.41 Å². The lowest BCUT2D eigenvalue weighted by molar-refractivity contribution is 0.0274. The number of carbonyl (C=O) groups is 1. The van der Waals surface area contributed by atoms with Gasteiger partial charge in [-0.05, 0) is 47.2 Å². The predicted molar refractivity (Wildman–Crippen MR) is 67.0 cm³/mol. The Balaban J connectivity index is 1.92. The van der Waals surface area contributed by atoms with Gasteiger partial charge in [-0.25, -0.2) is 4.79 Å². The van der Waals surface area contributed by atoms with E-state index in [4.69, 9.17) is 4.74 Å². The first-order valence-electron chi connectivity index (χ1n) is 6.46. The Labute approximate surface area is 104 Å². The molecule has 0 aromatic rings. The predicted octanol–water partition coefficient (Wildman–Crippen LogP) is 1.95. The molecule has 1 spiro atoms. The number of likely N-dealkylation sites (tertiary alicyclic amines) is 2. The monoisotopic (exact) mass is 240 g/mol. The van der Waals surface area contributed by atoms with E-state index < -0.39 is 0 Å². The standard InChI is InChI=1S/C13H24N2O2/c1-12(2,3)17-11(16)15-8-6-13(10-15)5-7-14(4)9-13/h5-10H2,1-4H3/t13-/m1/s1. The summed E-state index contributed by atoms with van der Waals surface area (Å²) in [6.07, 6.45) is 2.18. The highest BCUT2D eigenvalue weighted by molar-refractivity contribution is 5.68. The quantitative estimate of drug-likeness (QED) is 0.649. The molecule has 0 saturated carbocycles. The van der Waals surface area contributed by atoms with Crippen LogP contribution in [-0.2, 0) is 4.74 Å². The van der Waals surface area contributed by atoms with Crippen LogP contribution in [-0.4, -0.2) is 54.7 Å². The third-order valence-electron chi connectivity index (χ3n) is 3.72. The molecule has 98 valence electrons. The van der Waals surface area contributed by atoms with Gasteiger partial charge in [0.25, 0.3) is 0 Å². The van der Waals surface area contributed by atoms with E-state index in [1.54, 1.807) is 0 Å². The van der Waals surface area contributed by atoms with Gasteiger partial charge >= 0.3 is 6.09 Å². The largest absolute Gasteiger partial charge is 0.444 e. The van der Waals surface area contributed by atoms with Crippen molar-refractivity contribution in [1.82, 2.24) is 9.80 Å². The Morgan fingerprint density at radius 3 is 2.35 bits per heavy atom. The summed E-state index contributed by atoms with van der Waals surface area (Å²) in [7, 11) is 2.16. The Morgan fingerprint density at radius 1 is 1.18 bits per heavy atom. The van der Waals surface area contributed by atoms with Gasteiger partial charge in [-0.2, -0.15) is 0 Å². The average molecular weight is 240 g/mol. The van der Waals surface area contributed by atoms with E-state index in [0.717, 1.165) is 32.6 Å². The van der Waals surface area contributed by atoms with Crippen molar-refractivity contribution in [1.29, 1.82) is 0 Å². The average Bonchev–Trinajstić information content (AvgIpc) is 2.72. The van der Waals surface area contributed by atoms with Crippen molar-refractivity contribution in [2.24, 2.45) is 5.41 Å². The fraction of sp³-hybridized carbons (Fsp3) is 0.923. The Kier molecular flexibility index (Phi) is 3.10. The van der Waals surface area contributed by atoms with E-state index in [-0.39, 0.29) is 11.7 Å². The molecule has 0 N–H and O–H groups in total. The molecular formula is C13H24N2O2. The molecule has 2 fully saturated rings. The molecule has 2 rings (SSSR count). The topological polar surface area (TPSA) is 32.8 Å². The molecule has 0 aromatic carbocycles. The fourth-order valence-electron chi connectivity index (χ4n) is 2.91. The maximum Gasteiger partial charge on any atom is 0.410 e. The van der Waals surface area contributed by atoms with Gasteiger partial charge in [0.05, 0.1) is 0 Å². The fourth-order valence-corrected chi connectivity index (χ4v) is 2.91. The van der Waals surface area contributed by atoms with Crippen molar-refractivity contribution < 1.29 is 9.53 Å². The second-order valence-corrected chi connectivity index (χ2v) is 6.64. The molecule has 4 heteroatoms. The van der Waals surface area contributed by atoms with E-state index in [1.165, 1.54) is 6.42 Å². The smallest absolute Gasteiger partial charge is 0.410 e. The molecule has 2 saturated heterocycles. The first kappa shape index (κ1) is 12.7. The second-order valence-electron chi connectivity index (χ2n) is 6.64. The molecular weight excluding hydrogens is 216 g/mol. The summed E-state index contributed by atoms with van der Waals surface area (Å²) in [5.41, 5.74) is -0.0506. The lowest BCUT2D eigenvalue weighted by Crippen LogP contribution is -2.37. The van der Waals surface area contributed by atoms with Gasteiger partial charge < -0.3 is 14.5 Å². The van der Waals surface area contributed by atoms with E-state index in [9.17, 15) is 4.79 Å². The molecule has 2 heterocycles. The molecule has 2 aliphatic rings. The third kappa shape index (κ3) is 2.92. The SMILES string of the molecule is CN1CC[C@@]2(CCN(C(=O)OC(C)(C)C)C2)C1. The van der Waals surface area contributed by atoms with Crippen LogP contribution in [0.1, 0.15) is 33.6 Å². The van der Waals surface area contributed by atoms with E-state index in [2.05, 4.69) is 11.9 Å². The Bertz CT molecular complexity index is 311. The van der Waals surface area contributed by atoms with Crippen LogP contribution in [0.15, 0.2) is 0 Å². The van der Waals surface area contributed by atoms with Crippen LogP contribution >= 0.6 is 0 Å². The van der Waals surface area contributed by atoms with E-state index in [1.807, 2.05) is 25.7 Å². The van der Waals surface area contributed by atoms with Crippen LogP contribution in [0.25, 0.3) is 0 Å². The maximum atomic E-state index is 12.0. The van der Waals surface area contributed by atoms with Crippen molar-refractivity contribution in [2.45, 2.75) is 39.2 Å². The first-order valence-corrected chi connectivity index (χ1v) is 6.46. The minimum absolute atomic E-state index is 0.149. The summed E-state index contributed by atoms with van der Waals surface area (Å²) in [6, 6.07) is 0. The summed E-state index contributed by atoms with van der Waals surface area (Å²) in [6.45, 7) is 9.74. The second kappa shape index (κ2) is 4.16. The summed E-state index contributed by atoms with van der Waals surface area (Å²) in [4.78, 5) is 16.2. The molecule has 0 unspecified atom stereocenters. The normalized spacial score (nSPS) is 30.2. The zero-order valence-corrected chi connectivity index (χ0v) is 11.5. The van der Waals surface area contributed by atoms with Crippen LogP contribution in [0.3, 0.4) is 0 Å². The van der Waals surface area contributed by atoms with Crippen LogP contribution in [0.4, 0.5) is 4.79 Å². The van der Waals surface area contributed by atoms with Gasteiger partial charge in [0.15, 0.2) is 0 Å². The Morgan fingerprint density at radius 2 is 1.82 bits per heavy atom. The van der Waals surface area contributed by atoms with Gasteiger partial charge in [0.1, 0.15) is 5.60 Å². The molecule has 0 radical (unpaired) electrons. The number of hydrogen-bond donors (Lipinski definition) is 0. The van der Waals surface area contributed by atoms with Crippen LogP contribution in [0, 0.1) is 5.41 Å². The van der Waals surface area contributed by atoms with Crippen molar-refractivity contribution in [3.8, 4) is 0 Å². The molecule has 0 aliphatic carbocycles. The number of carbonyl (C=O) groups excluding carboxylic acids is 1. The van der Waals surface area contributed by atoms with Crippen LogP contribution in [0.5, 0.6) is 0 Å². The molecule has 2 aliphatic heterocycles. The molecule has 4 nitrogen and oxygen atoms in total. The number of ether oxygens (including phenoxy) is 1. The highest BCUT2D eigenvalue weighted by atomic mass is 16.6. The maximum absolute atomic E-state index is 12.0. The van der Waals surface area contributed by atoms with Crippen LogP contribution < -0.4 is 0 Å². The summed E-state index contributed by atoms with van der Waals surface area (Å²) in [5, 5.41) is 0. The lowest BCUT2D eigenvalue weighted by Gasteiger charge is -2.26. The van der Waals surface area contributed by atoms with Gasteiger partial charge in [-0.15, -0.1) is 0 Å². The molecule has 0 bridgehead atoms. The van der Waals surface area contributed by atoms with Crippen molar-refractivity contribution >= 4 is 6.09 Å². The van der Waals surface area contributed by atoms with Gasteiger partial charge in [-0.3, -0.25) is 0 Å². The molecule has 17 heavy (non-hydrogen) atoms. The number of hydrogen-bond acceptors (Lipinski definition) is 3. The van der Waals surface area contributed by atoms with Crippen molar-refractivity contribution in [3.63, 3.8) is 0 Å². The molecule has 0 aromatic heterocycles. The third-order valence-corrected chi connectivity index (χ3v) is 3.72. The van der Waals surface area contributed by atoms with Gasteiger partial charge in [0.2, 0.25) is 0 Å². The van der Waals surface area contributed by atoms with Crippen molar-refractivity contribution in [2.75, 3.05) is 33.2 Å². The zero-order chi connectivity index (χ0) is 12.7. The van der Waals surface area contributed by atoms with Gasteiger partial charge in [-0.1, -0.05) is 0 Å². The molecule has 1 atom stereocenters.